The van der Waals surface area contributed by atoms with Gasteiger partial charge in [-0.1, -0.05) is 54.6 Å². The Bertz CT molecular complexity index is 1010. The van der Waals surface area contributed by atoms with Gasteiger partial charge in [-0.15, -0.1) is 0 Å². The summed E-state index contributed by atoms with van der Waals surface area (Å²) >= 11 is 0. The zero-order valence-corrected chi connectivity index (χ0v) is 15.8. The molecule has 0 aliphatic rings. The lowest BCUT2D eigenvalue weighted by Gasteiger charge is -2.35. The molecular formula is C23H20F2N2O2. The van der Waals surface area contributed by atoms with Crippen LogP contribution in [-0.2, 0) is 4.79 Å². The van der Waals surface area contributed by atoms with Crippen molar-refractivity contribution in [3.8, 4) is 0 Å². The van der Waals surface area contributed by atoms with Gasteiger partial charge in [0.25, 0.3) is 5.91 Å². The number of carbonyl (C=O) groups excluding carboxylic acids is 2. The highest BCUT2D eigenvalue weighted by Gasteiger charge is 2.34. The Balaban J connectivity index is 2.13. The van der Waals surface area contributed by atoms with Gasteiger partial charge in [0.2, 0.25) is 5.91 Å². The van der Waals surface area contributed by atoms with E-state index in [0.717, 1.165) is 12.1 Å². The molecule has 0 saturated heterocycles. The second-order valence-corrected chi connectivity index (χ2v) is 6.64. The van der Waals surface area contributed by atoms with E-state index in [1.54, 1.807) is 67.6 Å². The van der Waals surface area contributed by atoms with Crippen molar-refractivity contribution in [2.45, 2.75) is 19.0 Å². The fourth-order valence-corrected chi connectivity index (χ4v) is 3.28. The van der Waals surface area contributed by atoms with Crippen LogP contribution in [0.25, 0.3) is 0 Å². The summed E-state index contributed by atoms with van der Waals surface area (Å²) in [7, 11) is 0. The molecule has 4 nitrogen and oxygen atoms in total. The molecule has 2 amide bonds. The van der Waals surface area contributed by atoms with Gasteiger partial charge in [0.05, 0.1) is 6.04 Å². The van der Waals surface area contributed by atoms with Gasteiger partial charge in [0, 0.05) is 5.56 Å². The van der Waals surface area contributed by atoms with E-state index in [-0.39, 0.29) is 0 Å². The van der Waals surface area contributed by atoms with Crippen LogP contribution in [0.3, 0.4) is 0 Å². The Morgan fingerprint density at radius 3 is 1.97 bits per heavy atom. The quantitative estimate of drug-likeness (QED) is 0.674. The number of amides is 2. The predicted octanol–water partition coefficient (Wildman–Crippen LogP) is 4.39. The number of halogens is 2. The molecule has 0 aromatic heterocycles. The van der Waals surface area contributed by atoms with Crippen LogP contribution >= 0.6 is 0 Å². The molecule has 3 aromatic carbocycles. The highest BCUT2D eigenvalue weighted by Crippen LogP contribution is 2.33. The number of hydrogen-bond donors (Lipinski definition) is 1. The molecule has 2 N–H and O–H groups in total. The molecule has 3 aromatic rings. The normalized spacial score (nSPS) is 12.8. The lowest BCUT2D eigenvalue weighted by molar-refractivity contribution is -0.123. The molecule has 0 heterocycles. The minimum Gasteiger partial charge on any atom is -0.368 e. The van der Waals surface area contributed by atoms with Crippen LogP contribution in [0.4, 0.5) is 8.78 Å². The first-order chi connectivity index (χ1) is 13.9. The number of hydrogen-bond acceptors (Lipinski definition) is 2. The zero-order valence-electron chi connectivity index (χ0n) is 15.8. The van der Waals surface area contributed by atoms with E-state index in [9.17, 15) is 18.4 Å². The van der Waals surface area contributed by atoms with Crippen LogP contribution in [0.1, 0.15) is 40.5 Å². The van der Waals surface area contributed by atoms with Gasteiger partial charge in [-0.2, -0.15) is 0 Å². The van der Waals surface area contributed by atoms with Gasteiger partial charge in [-0.05, 0) is 42.3 Å². The number of nitrogens with zero attached hydrogens (tertiary/aromatic N) is 1. The molecule has 6 heteroatoms. The van der Waals surface area contributed by atoms with Gasteiger partial charge in [0.1, 0.15) is 6.04 Å². The van der Waals surface area contributed by atoms with Crippen LogP contribution in [0.15, 0.2) is 78.9 Å². The number of nitrogens with two attached hydrogens (primary N) is 1. The highest BCUT2D eigenvalue weighted by molar-refractivity contribution is 5.98. The van der Waals surface area contributed by atoms with Gasteiger partial charge in [0.15, 0.2) is 11.6 Å². The molecular weight excluding hydrogens is 374 g/mol. The van der Waals surface area contributed by atoms with Gasteiger partial charge >= 0.3 is 0 Å². The third-order valence-electron chi connectivity index (χ3n) is 4.76. The SMILES string of the molecule is C[C@H](c1ccc(F)c(F)c1)N(C(=O)c1ccccc1)[C@@H](C(N)=O)c1ccccc1. The largest absolute Gasteiger partial charge is 0.368 e. The van der Waals surface area contributed by atoms with E-state index in [0.29, 0.717) is 16.7 Å². The highest BCUT2D eigenvalue weighted by atomic mass is 19.2. The summed E-state index contributed by atoms with van der Waals surface area (Å²) in [6.45, 7) is 1.65. The van der Waals surface area contributed by atoms with Crippen LogP contribution in [0.2, 0.25) is 0 Å². The fraction of sp³-hybridized carbons (Fsp3) is 0.130. The fourth-order valence-electron chi connectivity index (χ4n) is 3.28. The second-order valence-electron chi connectivity index (χ2n) is 6.64. The smallest absolute Gasteiger partial charge is 0.255 e. The van der Waals surface area contributed by atoms with Crippen LogP contribution in [0, 0.1) is 11.6 Å². The first kappa shape index (κ1) is 20.2. The molecule has 0 radical (unpaired) electrons. The third-order valence-corrected chi connectivity index (χ3v) is 4.76. The van der Waals surface area contributed by atoms with Gasteiger partial charge in [-0.3, -0.25) is 9.59 Å². The number of carbonyl (C=O) groups is 2. The maximum atomic E-state index is 13.8. The summed E-state index contributed by atoms with van der Waals surface area (Å²) in [5.41, 5.74) is 6.91. The third kappa shape index (κ3) is 4.32. The predicted molar refractivity (Wildman–Crippen MR) is 106 cm³/mol. The minimum atomic E-state index is -1.09. The second kappa shape index (κ2) is 8.65. The monoisotopic (exact) mass is 394 g/mol. The number of benzene rings is 3. The van der Waals surface area contributed by atoms with E-state index < -0.39 is 35.5 Å². The maximum Gasteiger partial charge on any atom is 0.255 e. The molecule has 0 aliphatic heterocycles. The van der Waals surface area contributed by atoms with Gasteiger partial charge in [-0.25, -0.2) is 8.78 Å². The Morgan fingerprint density at radius 2 is 1.41 bits per heavy atom. The first-order valence-electron chi connectivity index (χ1n) is 9.07. The maximum absolute atomic E-state index is 13.8. The van der Waals surface area contributed by atoms with Crippen molar-refractivity contribution in [3.05, 3.63) is 107 Å². The molecule has 0 spiro atoms. The Labute approximate surface area is 167 Å². The standard InChI is InChI=1S/C23H20F2N2O2/c1-15(18-12-13-19(24)20(25)14-18)27(23(29)17-10-6-3-7-11-17)21(22(26)28)16-8-4-2-5-9-16/h2-15,21H,1H3,(H2,26,28)/t15-,21-/m1/s1. The van der Waals surface area contributed by atoms with Crippen molar-refractivity contribution in [1.82, 2.24) is 4.90 Å². The van der Waals surface area contributed by atoms with E-state index in [1.807, 2.05) is 0 Å². The van der Waals surface area contributed by atoms with Crippen LogP contribution in [-0.4, -0.2) is 16.7 Å². The van der Waals surface area contributed by atoms with Crippen molar-refractivity contribution in [3.63, 3.8) is 0 Å². The van der Waals surface area contributed by atoms with Crippen molar-refractivity contribution in [1.29, 1.82) is 0 Å². The lowest BCUT2D eigenvalue weighted by atomic mass is 9.98. The number of rotatable bonds is 6. The molecule has 0 unspecified atom stereocenters. The summed E-state index contributed by atoms with van der Waals surface area (Å²) < 4.78 is 27.2. The molecule has 3 rings (SSSR count). The van der Waals surface area contributed by atoms with E-state index >= 15 is 0 Å². The average Bonchev–Trinajstić information content (AvgIpc) is 2.74. The topological polar surface area (TPSA) is 63.4 Å². The average molecular weight is 394 g/mol. The van der Waals surface area contributed by atoms with Crippen molar-refractivity contribution < 1.29 is 18.4 Å². The summed E-state index contributed by atoms with van der Waals surface area (Å²) in [5, 5.41) is 0. The Morgan fingerprint density at radius 1 is 0.828 bits per heavy atom. The zero-order chi connectivity index (χ0) is 21.0. The van der Waals surface area contributed by atoms with E-state index in [2.05, 4.69) is 0 Å². The molecule has 2 atom stereocenters. The summed E-state index contributed by atoms with van der Waals surface area (Å²) in [6.07, 6.45) is 0. The minimum absolute atomic E-state index is 0.343. The summed E-state index contributed by atoms with van der Waals surface area (Å²) in [6, 6.07) is 18.6. The molecule has 0 bridgehead atoms. The molecule has 148 valence electrons. The van der Waals surface area contributed by atoms with Crippen molar-refractivity contribution >= 4 is 11.8 Å². The number of primary amides is 1. The Kier molecular flexibility index (Phi) is 6.02. The molecule has 0 fully saturated rings. The molecule has 0 aliphatic carbocycles. The Hall–Kier alpha value is -3.54. The van der Waals surface area contributed by atoms with E-state index in [4.69, 9.17) is 5.73 Å². The van der Waals surface area contributed by atoms with Crippen molar-refractivity contribution in [2.75, 3.05) is 0 Å². The van der Waals surface area contributed by atoms with Crippen molar-refractivity contribution in [2.24, 2.45) is 5.73 Å². The van der Waals surface area contributed by atoms with Gasteiger partial charge < -0.3 is 10.6 Å². The van der Waals surface area contributed by atoms with E-state index in [1.165, 1.54) is 11.0 Å². The first-order valence-corrected chi connectivity index (χ1v) is 9.07. The molecule has 29 heavy (non-hydrogen) atoms. The summed E-state index contributed by atoms with van der Waals surface area (Å²) in [4.78, 5) is 27.1. The van der Waals surface area contributed by atoms with Crippen LogP contribution < -0.4 is 5.73 Å². The molecule has 0 saturated carbocycles. The van der Waals surface area contributed by atoms with Crippen LogP contribution in [0.5, 0.6) is 0 Å². The summed E-state index contributed by atoms with van der Waals surface area (Å²) in [5.74, 6) is -3.20. The lowest BCUT2D eigenvalue weighted by Crippen LogP contribution is -2.43.